The first-order chi connectivity index (χ1) is 10.7. The summed E-state index contributed by atoms with van der Waals surface area (Å²) in [6.45, 7) is 1.59. The second-order valence-corrected chi connectivity index (χ2v) is 6.24. The number of hydrogen-bond donors (Lipinski definition) is 1. The third kappa shape index (κ3) is 4.35. The van der Waals surface area contributed by atoms with Crippen molar-refractivity contribution in [3.63, 3.8) is 0 Å². The average molecular weight is 366 g/mol. The number of tetrazole rings is 1. The molecule has 1 heterocycles. The number of nitrogens with zero attached hydrogens (tertiary/aromatic N) is 4. The molecule has 0 spiro atoms. The second-order valence-electron chi connectivity index (χ2n) is 4.53. The monoisotopic (exact) mass is 365 g/mol. The molecule has 0 saturated heterocycles. The summed E-state index contributed by atoms with van der Waals surface area (Å²) in [5, 5.41) is 12.6. The predicted octanol–water partition coefficient (Wildman–Crippen LogP) is 3.00. The molecule has 0 radical (unpaired) electrons. The third-order valence-electron chi connectivity index (χ3n) is 2.77. The van der Waals surface area contributed by atoms with Crippen molar-refractivity contribution in [2.24, 2.45) is 7.05 Å². The van der Waals surface area contributed by atoms with Crippen LogP contribution in [-0.4, -0.2) is 31.4 Å². The zero-order chi connectivity index (χ0) is 17.2. The van der Waals surface area contributed by atoms with Gasteiger partial charge in [0.1, 0.15) is 0 Å². The lowest BCUT2D eigenvalue weighted by atomic mass is 10.2. The number of aryl methyl sites for hydroxylation is 1. The second kappa shape index (κ2) is 6.75. The van der Waals surface area contributed by atoms with Crippen LogP contribution in [0.15, 0.2) is 23.4 Å². The van der Waals surface area contributed by atoms with Crippen molar-refractivity contribution >= 4 is 35.0 Å². The van der Waals surface area contributed by atoms with Crippen molar-refractivity contribution in [3.05, 3.63) is 28.8 Å². The van der Waals surface area contributed by atoms with Gasteiger partial charge in [-0.15, -0.1) is 5.10 Å². The number of nitrogens with one attached hydrogen (secondary N) is 1. The van der Waals surface area contributed by atoms with Gasteiger partial charge in [-0.2, -0.15) is 13.2 Å². The molecule has 0 fully saturated rings. The summed E-state index contributed by atoms with van der Waals surface area (Å²) >= 11 is 6.61. The van der Waals surface area contributed by atoms with E-state index in [-0.39, 0.29) is 5.69 Å². The maximum absolute atomic E-state index is 12.8. The molecule has 0 bridgehead atoms. The van der Waals surface area contributed by atoms with Gasteiger partial charge in [0.05, 0.1) is 15.8 Å². The van der Waals surface area contributed by atoms with Crippen LogP contribution in [0.1, 0.15) is 12.5 Å². The fourth-order valence-electron chi connectivity index (χ4n) is 1.60. The molecule has 1 aromatic carbocycles. The maximum atomic E-state index is 12.8. The first-order valence-electron chi connectivity index (χ1n) is 6.25. The molecule has 2 aromatic rings. The smallest absolute Gasteiger partial charge is 0.325 e. The summed E-state index contributed by atoms with van der Waals surface area (Å²) in [5.74, 6) is -0.478. The van der Waals surface area contributed by atoms with Crippen molar-refractivity contribution in [1.29, 1.82) is 0 Å². The Morgan fingerprint density at radius 2 is 2.13 bits per heavy atom. The van der Waals surface area contributed by atoms with Crippen LogP contribution >= 0.6 is 23.4 Å². The Balaban J connectivity index is 2.09. The first kappa shape index (κ1) is 17.5. The standard InChI is InChI=1S/C12H11ClF3N5OS/c1-6(23-11-18-19-20-21(11)2)10(22)17-7-3-4-9(13)8(5-7)12(14,15)16/h3-6H,1-2H3,(H,17,22). The minimum atomic E-state index is -4.59. The fraction of sp³-hybridized carbons (Fsp3) is 0.333. The van der Waals surface area contributed by atoms with E-state index in [4.69, 9.17) is 11.6 Å². The predicted molar refractivity (Wildman–Crippen MR) is 79.2 cm³/mol. The van der Waals surface area contributed by atoms with E-state index in [0.717, 1.165) is 23.9 Å². The molecule has 1 atom stereocenters. The van der Waals surface area contributed by atoms with E-state index in [0.29, 0.717) is 5.16 Å². The Labute approximate surface area is 138 Å². The lowest BCUT2D eigenvalue weighted by molar-refractivity contribution is -0.137. The summed E-state index contributed by atoms with van der Waals surface area (Å²) in [5.41, 5.74) is -0.995. The highest BCUT2D eigenvalue weighted by molar-refractivity contribution is 8.00. The largest absolute Gasteiger partial charge is 0.417 e. The molecule has 2 rings (SSSR count). The van der Waals surface area contributed by atoms with Gasteiger partial charge in [-0.3, -0.25) is 4.79 Å². The Hall–Kier alpha value is -1.81. The van der Waals surface area contributed by atoms with E-state index in [9.17, 15) is 18.0 Å². The zero-order valence-electron chi connectivity index (χ0n) is 11.9. The first-order valence-corrected chi connectivity index (χ1v) is 7.51. The van der Waals surface area contributed by atoms with Gasteiger partial charge in [0.2, 0.25) is 11.1 Å². The van der Waals surface area contributed by atoms with Gasteiger partial charge in [-0.25, -0.2) is 4.68 Å². The lowest BCUT2D eigenvalue weighted by Crippen LogP contribution is -2.23. The number of amides is 1. The molecule has 23 heavy (non-hydrogen) atoms. The lowest BCUT2D eigenvalue weighted by Gasteiger charge is -2.14. The van der Waals surface area contributed by atoms with E-state index in [1.807, 2.05) is 0 Å². The van der Waals surface area contributed by atoms with Crippen molar-refractivity contribution in [2.45, 2.75) is 23.5 Å². The Morgan fingerprint density at radius 3 is 2.70 bits per heavy atom. The number of carbonyl (C=O) groups is 1. The summed E-state index contributed by atoms with van der Waals surface area (Å²) in [6, 6.07) is 3.18. The molecule has 124 valence electrons. The molecule has 0 aliphatic rings. The van der Waals surface area contributed by atoms with Crippen LogP contribution in [-0.2, 0) is 18.0 Å². The van der Waals surface area contributed by atoms with Crippen molar-refractivity contribution in [3.8, 4) is 0 Å². The maximum Gasteiger partial charge on any atom is 0.417 e. The number of thioether (sulfide) groups is 1. The number of alkyl halides is 3. The van der Waals surface area contributed by atoms with Gasteiger partial charge in [-0.1, -0.05) is 23.4 Å². The van der Waals surface area contributed by atoms with E-state index in [2.05, 4.69) is 20.8 Å². The van der Waals surface area contributed by atoms with Gasteiger partial charge in [0, 0.05) is 12.7 Å². The van der Waals surface area contributed by atoms with E-state index in [1.165, 1.54) is 10.7 Å². The number of carbonyl (C=O) groups excluding carboxylic acids is 1. The summed E-state index contributed by atoms with van der Waals surface area (Å²) in [6.07, 6.45) is -4.59. The highest BCUT2D eigenvalue weighted by Crippen LogP contribution is 2.36. The molecular formula is C12H11ClF3N5OS. The van der Waals surface area contributed by atoms with Crippen molar-refractivity contribution < 1.29 is 18.0 Å². The van der Waals surface area contributed by atoms with Gasteiger partial charge >= 0.3 is 6.18 Å². The fourth-order valence-corrected chi connectivity index (χ4v) is 2.58. The SMILES string of the molecule is CC(Sc1nnnn1C)C(=O)Nc1ccc(Cl)c(C(F)(F)F)c1. The van der Waals surface area contributed by atoms with Crippen LogP contribution in [0.4, 0.5) is 18.9 Å². The summed E-state index contributed by atoms with van der Waals surface area (Å²) < 4.78 is 39.8. The quantitative estimate of drug-likeness (QED) is 0.843. The summed E-state index contributed by atoms with van der Waals surface area (Å²) in [7, 11) is 1.61. The molecule has 0 aliphatic carbocycles. The van der Waals surface area contributed by atoms with E-state index in [1.54, 1.807) is 14.0 Å². The molecular weight excluding hydrogens is 355 g/mol. The van der Waals surface area contributed by atoms with Gasteiger partial charge < -0.3 is 5.32 Å². The van der Waals surface area contributed by atoms with Crippen LogP contribution in [0.2, 0.25) is 5.02 Å². The number of benzene rings is 1. The van der Waals surface area contributed by atoms with Crippen molar-refractivity contribution in [2.75, 3.05) is 5.32 Å². The highest BCUT2D eigenvalue weighted by atomic mass is 35.5. The number of aromatic nitrogens is 4. The van der Waals surface area contributed by atoms with Crippen LogP contribution < -0.4 is 5.32 Å². The van der Waals surface area contributed by atoms with E-state index >= 15 is 0 Å². The minimum Gasteiger partial charge on any atom is -0.325 e. The minimum absolute atomic E-state index is 0.00950. The zero-order valence-corrected chi connectivity index (χ0v) is 13.5. The summed E-state index contributed by atoms with van der Waals surface area (Å²) in [4.78, 5) is 12.1. The number of halogens is 4. The van der Waals surface area contributed by atoms with Crippen LogP contribution in [0.25, 0.3) is 0 Å². The number of anilines is 1. The van der Waals surface area contributed by atoms with Gasteiger partial charge in [0.25, 0.3) is 0 Å². The molecule has 1 N–H and O–H groups in total. The molecule has 1 aromatic heterocycles. The van der Waals surface area contributed by atoms with Gasteiger partial charge in [0.15, 0.2) is 0 Å². The van der Waals surface area contributed by atoms with Crippen LogP contribution in [0.3, 0.4) is 0 Å². The Kier molecular flexibility index (Phi) is 5.15. The number of hydrogen-bond acceptors (Lipinski definition) is 5. The average Bonchev–Trinajstić information content (AvgIpc) is 2.85. The van der Waals surface area contributed by atoms with Gasteiger partial charge in [-0.05, 0) is 35.5 Å². The molecule has 6 nitrogen and oxygen atoms in total. The molecule has 11 heteroatoms. The van der Waals surface area contributed by atoms with Crippen LogP contribution in [0.5, 0.6) is 0 Å². The Morgan fingerprint density at radius 1 is 1.43 bits per heavy atom. The third-order valence-corrected chi connectivity index (χ3v) is 4.23. The Bertz CT molecular complexity index is 721. The molecule has 1 unspecified atom stereocenters. The molecule has 0 saturated carbocycles. The normalized spacial score (nSPS) is 13.0. The topological polar surface area (TPSA) is 72.7 Å². The van der Waals surface area contributed by atoms with Crippen molar-refractivity contribution in [1.82, 2.24) is 20.2 Å². The number of rotatable bonds is 4. The highest BCUT2D eigenvalue weighted by Gasteiger charge is 2.33. The molecule has 1 amide bonds. The molecule has 0 aliphatic heterocycles. The van der Waals surface area contributed by atoms with E-state index < -0.39 is 27.9 Å². The van der Waals surface area contributed by atoms with Crippen LogP contribution in [0, 0.1) is 0 Å².